The van der Waals surface area contributed by atoms with E-state index in [9.17, 15) is 14.4 Å². The number of benzene rings is 1. The van der Waals surface area contributed by atoms with Crippen LogP contribution < -0.4 is 15.4 Å². The second kappa shape index (κ2) is 13.0. The maximum atomic E-state index is 13.2. The van der Waals surface area contributed by atoms with Gasteiger partial charge in [-0.1, -0.05) is 29.3 Å². The maximum absolute atomic E-state index is 13.2. The largest absolute Gasteiger partial charge is 0.473 e. The Hall–Kier alpha value is -4.22. The summed E-state index contributed by atoms with van der Waals surface area (Å²) in [5.74, 6) is -0.968. The molecule has 13 heteroatoms. The molecule has 1 saturated heterocycles. The van der Waals surface area contributed by atoms with Gasteiger partial charge in [-0.25, -0.2) is 0 Å². The number of aromatic nitrogens is 3. The number of carbonyl (C=O) groups excluding carboxylic acids is 3. The van der Waals surface area contributed by atoms with Gasteiger partial charge in [-0.15, -0.1) is 0 Å². The number of nitrogens with one attached hydrogen (secondary N) is 2. The highest BCUT2D eigenvalue weighted by atomic mass is 35.5. The molecule has 212 valence electrons. The molecule has 0 saturated carbocycles. The fourth-order valence-electron chi connectivity index (χ4n) is 4.47. The van der Waals surface area contributed by atoms with E-state index in [1.54, 1.807) is 53.6 Å². The first-order chi connectivity index (χ1) is 19.8. The molecule has 0 bridgehead atoms. The fraction of sp³-hybridized carbons (Fsp3) is 0.286. The first-order valence-corrected chi connectivity index (χ1v) is 13.7. The predicted molar refractivity (Wildman–Crippen MR) is 151 cm³/mol. The average Bonchev–Trinajstić information content (AvgIpc) is 3.40. The van der Waals surface area contributed by atoms with Gasteiger partial charge in [0.2, 0.25) is 17.7 Å². The molecule has 1 unspecified atom stereocenters. The van der Waals surface area contributed by atoms with Gasteiger partial charge in [-0.2, -0.15) is 4.98 Å². The van der Waals surface area contributed by atoms with Gasteiger partial charge in [-0.05, 0) is 36.4 Å². The van der Waals surface area contributed by atoms with Crippen LogP contribution in [0.25, 0.3) is 11.0 Å². The number of pyridine rings is 1. The molecule has 0 spiro atoms. The summed E-state index contributed by atoms with van der Waals surface area (Å²) < 4.78 is 11.5. The third kappa shape index (κ3) is 7.50. The monoisotopic (exact) mass is 596 g/mol. The van der Waals surface area contributed by atoms with Crippen LogP contribution in [-0.4, -0.2) is 69.4 Å². The highest BCUT2D eigenvalue weighted by Gasteiger charge is 2.27. The van der Waals surface area contributed by atoms with E-state index in [4.69, 9.17) is 32.4 Å². The van der Waals surface area contributed by atoms with Crippen LogP contribution in [0.5, 0.6) is 5.88 Å². The second-order valence-corrected chi connectivity index (χ2v) is 10.3. The zero-order valence-electron chi connectivity index (χ0n) is 21.8. The van der Waals surface area contributed by atoms with Gasteiger partial charge in [0.25, 0.3) is 5.91 Å². The van der Waals surface area contributed by atoms with Crippen molar-refractivity contribution in [2.45, 2.75) is 31.4 Å². The fourth-order valence-corrected chi connectivity index (χ4v) is 4.79. The zero-order chi connectivity index (χ0) is 28.8. The number of nitrogens with zero attached hydrogens (tertiary/aromatic N) is 4. The van der Waals surface area contributed by atoms with Crippen molar-refractivity contribution in [2.75, 3.05) is 19.6 Å². The molecule has 3 amide bonds. The van der Waals surface area contributed by atoms with E-state index in [-0.39, 0.29) is 35.9 Å². The first kappa shape index (κ1) is 28.3. The molecule has 1 fully saturated rings. The first-order valence-electron chi connectivity index (χ1n) is 12.9. The number of rotatable bonds is 9. The second-order valence-electron chi connectivity index (χ2n) is 9.44. The molecule has 5 rings (SSSR count). The predicted octanol–water partition coefficient (Wildman–Crippen LogP) is 3.45. The lowest BCUT2D eigenvalue weighted by Gasteiger charge is -2.32. The van der Waals surface area contributed by atoms with Crippen molar-refractivity contribution in [1.82, 2.24) is 30.5 Å². The van der Waals surface area contributed by atoms with Crippen LogP contribution in [0, 0.1) is 0 Å². The normalized spacial score (nSPS) is 14.4. The van der Waals surface area contributed by atoms with Crippen LogP contribution in [0.15, 0.2) is 65.5 Å². The van der Waals surface area contributed by atoms with Crippen molar-refractivity contribution in [2.24, 2.45) is 0 Å². The van der Waals surface area contributed by atoms with Crippen LogP contribution >= 0.6 is 23.2 Å². The summed E-state index contributed by atoms with van der Waals surface area (Å²) in [6, 6.07) is 10.9. The van der Waals surface area contributed by atoms with E-state index < -0.39 is 17.9 Å². The number of furan rings is 1. The quantitative estimate of drug-likeness (QED) is 0.299. The maximum Gasteiger partial charge on any atom is 0.287 e. The lowest BCUT2D eigenvalue weighted by molar-refractivity contribution is -0.134. The van der Waals surface area contributed by atoms with Crippen LogP contribution in [0.2, 0.25) is 10.2 Å². The van der Waals surface area contributed by atoms with Crippen molar-refractivity contribution < 1.29 is 23.5 Å². The molecule has 1 aliphatic rings. The standard InChI is InChI=1S/C28H26Cl2N6O5/c29-18-4-5-22-17(11-18)12-23(41-22)28(39)34-21(13-19-3-1-2-8-32-19)27(38)33-16-26(37)36-9-6-20(7-10-36)40-25-15-31-14-24(30)35-25/h1-5,8,11-12,14-15,20-21H,6-7,9-10,13,16H2,(H,33,38)(H,34,39). The number of hydrogen-bond donors (Lipinski definition) is 2. The van der Waals surface area contributed by atoms with E-state index in [2.05, 4.69) is 25.6 Å². The summed E-state index contributed by atoms with van der Waals surface area (Å²) in [6.45, 7) is 0.691. The summed E-state index contributed by atoms with van der Waals surface area (Å²) in [7, 11) is 0. The third-order valence-electron chi connectivity index (χ3n) is 6.54. The Labute approximate surface area is 245 Å². The molecule has 0 radical (unpaired) electrons. The third-order valence-corrected chi connectivity index (χ3v) is 6.96. The van der Waals surface area contributed by atoms with Gasteiger partial charge in [0.05, 0.1) is 18.9 Å². The van der Waals surface area contributed by atoms with Crippen LogP contribution in [0.3, 0.4) is 0 Å². The molecule has 1 aliphatic heterocycles. The van der Waals surface area contributed by atoms with Crippen LogP contribution in [0.4, 0.5) is 0 Å². The number of ether oxygens (including phenoxy) is 1. The van der Waals surface area contributed by atoms with E-state index in [1.807, 2.05) is 0 Å². The topological polar surface area (TPSA) is 140 Å². The van der Waals surface area contributed by atoms with Gasteiger partial charge in [0.15, 0.2) is 10.9 Å². The van der Waals surface area contributed by atoms with Crippen molar-refractivity contribution in [3.63, 3.8) is 0 Å². The van der Waals surface area contributed by atoms with Crippen molar-refractivity contribution in [1.29, 1.82) is 0 Å². The number of carbonyl (C=O) groups is 3. The Morgan fingerprint density at radius 3 is 2.68 bits per heavy atom. The van der Waals surface area contributed by atoms with Crippen molar-refractivity contribution >= 4 is 51.9 Å². The molecule has 2 N–H and O–H groups in total. The molecule has 3 aromatic heterocycles. The molecule has 11 nitrogen and oxygen atoms in total. The lowest BCUT2D eigenvalue weighted by Crippen LogP contribution is -2.51. The molecular weight excluding hydrogens is 571 g/mol. The summed E-state index contributed by atoms with van der Waals surface area (Å²) >= 11 is 11.9. The minimum atomic E-state index is -1.00. The molecular formula is C28H26Cl2N6O5. The molecule has 4 heterocycles. The summed E-state index contributed by atoms with van der Waals surface area (Å²) in [4.78, 5) is 53.0. The van der Waals surface area contributed by atoms with Crippen molar-refractivity contribution in [3.05, 3.63) is 82.7 Å². The molecule has 4 aromatic rings. The minimum absolute atomic E-state index is 0.0333. The van der Waals surface area contributed by atoms with Gasteiger partial charge in [0, 0.05) is 54.7 Å². The van der Waals surface area contributed by atoms with E-state index in [0.29, 0.717) is 53.5 Å². The molecule has 1 aromatic carbocycles. The van der Waals surface area contributed by atoms with E-state index in [0.717, 1.165) is 0 Å². The van der Waals surface area contributed by atoms with Gasteiger partial charge in [-0.3, -0.25) is 24.4 Å². The minimum Gasteiger partial charge on any atom is -0.473 e. The number of hydrogen-bond acceptors (Lipinski definition) is 8. The Morgan fingerprint density at radius 2 is 1.93 bits per heavy atom. The lowest BCUT2D eigenvalue weighted by atomic mass is 10.1. The summed E-state index contributed by atoms with van der Waals surface area (Å²) in [5.41, 5.74) is 1.09. The smallest absolute Gasteiger partial charge is 0.287 e. The van der Waals surface area contributed by atoms with Crippen LogP contribution in [0.1, 0.15) is 29.1 Å². The Kier molecular flexibility index (Phi) is 8.95. The SMILES string of the molecule is O=C(NC(Cc1ccccn1)C(=O)NCC(=O)N1CCC(Oc2cncc(Cl)n2)CC1)c1cc2cc(Cl)ccc2o1. The number of piperidine rings is 1. The van der Waals surface area contributed by atoms with Gasteiger partial charge in [0.1, 0.15) is 17.7 Å². The summed E-state index contributed by atoms with van der Waals surface area (Å²) in [5, 5.41) is 6.79. The highest BCUT2D eigenvalue weighted by Crippen LogP contribution is 2.23. The Morgan fingerprint density at radius 1 is 1.10 bits per heavy atom. The zero-order valence-corrected chi connectivity index (χ0v) is 23.3. The molecule has 1 atom stereocenters. The van der Waals surface area contributed by atoms with Gasteiger partial charge >= 0.3 is 0 Å². The number of fused-ring (bicyclic) bond motifs is 1. The molecule has 41 heavy (non-hydrogen) atoms. The number of halogens is 2. The van der Waals surface area contributed by atoms with Crippen LogP contribution in [-0.2, 0) is 16.0 Å². The number of amides is 3. The highest BCUT2D eigenvalue weighted by molar-refractivity contribution is 6.31. The Balaban J connectivity index is 1.17. The summed E-state index contributed by atoms with van der Waals surface area (Å²) in [6.07, 6.45) is 5.69. The average molecular weight is 597 g/mol. The number of likely N-dealkylation sites (tertiary alicyclic amines) is 1. The van der Waals surface area contributed by atoms with Gasteiger partial charge < -0.3 is 24.7 Å². The van der Waals surface area contributed by atoms with E-state index in [1.165, 1.54) is 12.4 Å². The van der Waals surface area contributed by atoms with E-state index >= 15 is 0 Å². The Bertz CT molecular complexity index is 1540. The molecule has 0 aliphatic carbocycles. The van der Waals surface area contributed by atoms with Crippen molar-refractivity contribution in [3.8, 4) is 5.88 Å².